The molecule has 0 N–H and O–H groups in total. The normalized spacial score (nSPS) is 14.2. The summed E-state index contributed by atoms with van der Waals surface area (Å²) in [5.41, 5.74) is 3.66. The van der Waals surface area contributed by atoms with E-state index in [0.29, 0.717) is 11.4 Å². The number of halogens is 1. The number of thiazole rings is 1. The predicted octanol–water partition coefficient (Wildman–Crippen LogP) is 3.30. The van der Waals surface area contributed by atoms with Crippen molar-refractivity contribution in [1.82, 2.24) is 4.98 Å². The minimum Gasteiger partial charge on any atom is -0.328 e. The second-order valence-electron chi connectivity index (χ2n) is 3.94. The van der Waals surface area contributed by atoms with Crippen LogP contribution in [-0.2, 0) is 6.42 Å². The highest BCUT2D eigenvalue weighted by molar-refractivity contribution is 7.12. The van der Waals surface area contributed by atoms with Gasteiger partial charge in [-0.05, 0) is 23.8 Å². The van der Waals surface area contributed by atoms with Gasteiger partial charge in [0.2, 0.25) is 0 Å². The van der Waals surface area contributed by atoms with Crippen LogP contribution in [0.3, 0.4) is 0 Å². The fourth-order valence-corrected chi connectivity index (χ4v) is 3.01. The molecule has 2 heterocycles. The Labute approximate surface area is 108 Å². The predicted molar refractivity (Wildman–Crippen MR) is 69.7 cm³/mol. The third-order valence-corrected chi connectivity index (χ3v) is 3.97. The fraction of sp³-hybridized carbons (Fsp3) is 0.167. The second-order valence-corrected chi connectivity index (χ2v) is 5.23. The number of hydrogen-bond donors (Lipinski definition) is 0. The van der Waals surface area contributed by atoms with Crippen LogP contribution in [0.5, 0.6) is 0 Å². The molecule has 0 saturated carbocycles. The van der Waals surface area contributed by atoms with Crippen molar-refractivity contribution in [1.29, 1.82) is 0 Å². The number of aromatic nitrogens is 1. The first kappa shape index (κ1) is 10.7. The molecular formula is C12H9ClN2OS. The average Bonchev–Trinajstić information content (AvgIpc) is 2.74. The van der Waals surface area contributed by atoms with Gasteiger partial charge in [0, 0.05) is 24.2 Å². The maximum Gasteiger partial charge on any atom is 0.181 e. The molecule has 0 fully saturated rings. The van der Waals surface area contributed by atoms with Gasteiger partial charge in [-0.25, -0.2) is 4.98 Å². The molecule has 3 rings (SSSR count). The Balaban J connectivity index is 2.23. The first-order valence-electron chi connectivity index (χ1n) is 5.15. The van der Waals surface area contributed by atoms with Crippen LogP contribution in [0, 0.1) is 0 Å². The van der Waals surface area contributed by atoms with Crippen LogP contribution >= 0.6 is 22.9 Å². The Kier molecular flexibility index (Phi) is 2.42. The summed E-state index contributed by atoms with van der Waals surface area (Å²) in [7, 11) is 1.92. The molecule has 5 heteroatoms. The summed E-state index contributed by atoms with van der Waals surface area (Å²) in [5, 5.41) is 0.656. The molecule has 1 aromatic carbocycles. The van der Waals surface area contributed by atoms with Crippen molar-refractivity contribution >= 4 is 40.2 Å². The first-order chi connectivity index (χ1) is 8.16. The molecule has 0 atom stereocenters. The Morgan fingerprint density at radius 1 is 1.47 bits per heavy atom. The maximum absolute atomic E-state index is 12.1. The summed E-state index contributed by atoms with van der Waals surface area (Å²) < 4.78 is 0. The summed E-state index contributed by atoms with van der Waals surface area (Å²) in [6.07, 6.45) is 0.384. The molecule has 0 bridgehead atoms. The van der Waals surface area contributed by atoms with Crippen LogP contribution in [0.4, 0.5) is 11.5 Å². The van der Waals surface area contributed by atoms with E-state index in [1.165, 1.54) is 11.3 Å². The summed E-state index contributed by atoms with van der Waals surface area (Å²) >= 11 is 7.36. The molecule has 0 aliphatic carbocycles. The van der Waals surface area contributed by atoms with Crippen molar-refractivity contribution in [3.8, 4) is 0 Å². The molecule has 0 unspecified atom stereocenters. The van der Waals surface area contributed by atoms with E-state index in [-0.39, 0.29) is 5.78 Å². The van der Waals surface area contributed by atoms with Crippen molar-refractivity contribution in [2.24, 2.45) is 0 Å². The highest BCUT2D eigenvalue weighted by Crippen LogP contribution is 2.36. The lowest BCUT2D eigenvalue weighted by Gasteiger charge is -2.18. The number of anilines is 2. The zero-order valence-electron chi connectivity index (χ0n) is 9.11. The van der Waals surface area contributed by atoms with E-state index in [2.05, 4.69) is 4.98 Å². The molecule has 0 radical (unpaired) electrons. The number of rotatable bonds is 0. The van der Waals surface area contributed by atoms with Crippen LogP contribution in [0.2, 0.25) is 5.02 Å². The molecule has 86 valence electrons. The van der Waals surface area contributed by atoms with Gasteiger partial charge in [0.05, 0.1) is 5.51 Å². The Bertz CT molecular complexity index is 608. The van der Waals surface area contributed by atoms with E-state index in [4.69, 9.17) is 11.6 Å². The number of benzene rings is 1. The van der Waals surface area contributed by atoms with Crippen molar-refractivity contribution in [3.05, 3.63) is 39.2 Å². The number of fused-ring (bicyclic) bond motifs is 2. The quantitative estimate of drug-likeness (QED) is 0.732. The van der Waals surface area contributed by atoms with Gasteiger partial charge < -0.3 is 4.90 Å². The zero-order valence-corrected chi connectivity index (χ0v) is 10.7. The molecule has 1 aromatic heterocycles. The molecule has 0 saturated heterocycles. The lowest BCUT2D eigenvalue weighted by molar-refractivity contribution is 0.0998. The minimum absolute atomic E-state index is 0.107. The van der Waals surface area contributed by atoms with Gasteiger partial charge in [0.25, 0.3) is 0 Å². The number of Topliss-reactive ketones (excluding diaryl/α,β-unsaturated/α-hetero) is 1. The van der Waals surface area contributed by atoms with E-state index in [1.807, 2.05) is 30.1 Å². The lowest BCUT2D eigenvalue weighted by Crippen LogP contribution is -2.11. The van der Waals surface area contributed by atoms with Gasteiger partial charge in [-0.3, -0.25) is 4.79 Å². The fourth-order valence-electron chi connectivity index (χ4n) is 2.06. The summed E-state index contributed by atoms with van der Waals surface area (Å²) in [5.74, 6) is 0.844. The van der Waals surface area contributed by atoms with Crippen molar-refractivity contribution in [2.75, 3.05) is 11.9 Å². The molecular weight excluding hydrogens is 256 g/mol. The highest BCUT2D eigenvalue weighted by Gasteiger charge is 2.25. The van der Waals surface area contributed by atoms with Crippen molar-refractivity contribution in [2.45, 2.75) is 6.42 Å². The number of nitrogens with zero attached hydrogens (tertiary/aromatic N) is 2. The standard InChI is InChI=1S/C12H9ClN2OS/c1-15-9-3-2-8(13)4-7(9)5-10(16)11-12(15)14-6-17-11/h2-4,6H,5H2,1H3. The van der Waals surface area contributed by atoms with Gasteiger partial charge in [0.15, 0.2) is 11.6 Å². The molecule has 1 aliphatic rings. The topological polar surface area (TPSA) is 33.2 Å². The van der Waals surface area contributed by atoms with Crippen LogP contribution in [0.1, 0.15) is 15.2 Å². The Hall–Kier alpha value is -1.39. The molecule has 0 spiro atoms. The number of carbonyl (C=O) groups is 1. The molecule has 2 aromatic rings. The van der Waals surface area contributed by atoms with Crippen LogP contribution in [0.25, 0.3) is 0 Å². The van der Waals surface area contributed by atoms with Gasteiger partial charge >= 0.3 is 0 Å². The number of ketones is 1. The highest BCUT2D eigenvalue weighted by atomic mass is 35.5. The Morgan fingerprint density at radius 3 is 3.12 bits per heavy atom. The van der Waals surface area contributed by atoms with Gasteiger partial charge in [-0.15, -0.1) is 11.3 Å². The molecule has 3 nitrogen and oxygen atoms in total. The van der Waals surface area contributed by atoms with E-state index in [1.54, 1.807) is 5.51 Å². The third-order valence-electron chi connectivity index (χ3n) is 2.87. The molecule has 0 amide bonds. The monoisotopic (exact) mass is 264 g/mol. The van der Waals surface area contributed by atoms with E-state index >= 15 is 0 Å². The summed E-state index contributed by atoms with van der Waals surface area (Å²) in [6, 6.07) is 5.61. The summed E-state index contributed by atoms with van der Waals surface area (Å²) in [6.45, 7) is 0. The zero-order chi connectivity index (χ0) is 12.0. The smallest absolute Gasteiger partial charge is 0.181 e. The van der Waals surface area contributed by atoms with E-state index in [9.17, 15) is 4.79 Å². The van der Waals surface area contributed by atoms with Crippen LogP contribution in [0.15, 0.2) is 23.7 Å². The van der Waals surface area contributed by atoms with E-state index in [0.717, 1.165) is 21.9 Å². The van der Waals surface area contributed by atoms with Gasteiger partial charge in [0.1, 0.15) is 4.88 Å². The van der Waals surface area contributed by atoms with Crippen LogP contribution < -0.4 is 4.90 Å². The van der Waals surface area contributed by atoms with Gasteiger partial charge in [-0.2, -0.15) is 0 Å². The third kappa shape index (κ3) is 1.64. The van der Waals surface area contributed by atoms with E-state index < -0.39 is 0 Å². The van der Waals surface area contributed by atoms with Gasteiger partial charge in [-0.1, -0.05) is 11.6 Å². The number of carbonyl (C=O) groups excluding carboxylic acids is 1. The largest absolute Gasteiger partial charge is 0.328 e. The lowest BCUT2D eigenvalue weighted by atomic mass is 10.1. The SMILES string of the molecule is CN1c2ccc(Cl)cc2CC(=O)c2scnc21. The number of hydrogen-bond acceptors (Lipinski definition) is 4. The maximum atomic E-state index is 12.1. The van der Waals surface area contributed by atoms with Crippen molar-refractivity contribution < 1.29 is 4.79 Å². The van der Waals surface area contributed by atoms with Crippen molar-refractivity contribution in [3.63, 3.8) is 0 Å². The Morgan fingerprint density at radius 2 is 2.29 bits per heavy atom. The second kappa shape index (κ2) is 3.82. The minimum atomic E-state index is 0.107. The average molecular weight is 265 g/mol. The first-order valence-corrected chi connectivity index (χ1v) is 6.41. The molecule has 17 heavy (non-hydrogen) atoms. The van der Waals surface area contributed by atoms with Crippen LogP contribution in [-0.4, -0.2) is 17.8 Å². The summed E-state index contributed by atoms with van der Waals surface area (Å²) in [4.78, 5) is 19.0. The molecule has 1 aliphatic heterocycles.